The van der Waals surface area contributed by atoms with Gasteiger partial charge in [0.25, 0.3) is 8.90 Å². The van der Waals surface area contributed by atoms with Crippen molar-refractivity contribution < 1.29 is 14.3 Å². The van der Waals surface area contributed by atoms with E-state index in [0.29, 0.717) is 23.2 Å². The van der Waals surface area contributed by atoms with Crippen LogP contribution in [0.25, 0.3) is 0 Å². The Bertz CT molecular complexity index is 475. The third-order valence-electron chi connectivity index (χ3n) is 2.18. The Morgan fingerprint density at radius 2 is 1.82 bits per heavy atom. The van der Waals surface area contributed by atoms with Gasteiger partial charge in [-0.2, -0.15) is 0 Å². The van der Waals surface area contributed by atoms with Crippen LogP contribution in [0.1, 0.15) is 0 Å². The van der Waals surface area contributed by atoms with Gasteiger partial charge in [-0.1, -0.05) is 23.2 Å². The van der Waals surface area contributed by atoms with Crippen molar-refractivity contribution in [3.05, 3.63) is 24.3 Å². The van der Waals surface area contributed by atoms with Gasteiger partial charge in [-0.3, -0.25) is 14.5 Å². The number of alkyl halides is 2. The number of anilines is 1. The van der Waals surface area contributed by atoms with E-state index in [1.807, 2.05) is 0 Å². The molecule has 0 aromatic heterocycles. The van der Waals surface area contributed by atoms with Gasteiger partial charge in [-0.05, 0) is 36.0 Å². The highest BCUT2D eigenvalue weighted by Gasteiger charge is 2.50. The minimum atomic E-state index is -1.59. The zero-order chi connectivity index (χ0) is 12.6. The Morgan fingerprint density at radius 3 is 2.24 bits per heavy atom. The molecule has 0 radical (unpaired) electrons. The van der Waals surface area contributed by atoms with Crippen molar-refractivity contribution in [2.75, 3.05) is 12.0 Å². The lowest BCUT2D eigenvalue weighted by Gasteiger charge is -2.24. The van der Waals surface area contributed by atoms with Crippen molar-refractivity contribution in [2.24, 2.45) is 0 Å². The highest BCUT2D eigenvalue weighted by Crippen LogP contribution is 2.47. The van der Waals surface area contributed by atoms with Gasteiger partial charge in [-0.25, -0.2) is 0 Å². The lowest BCUT2D eigenvalue weighted by Crippen LogP contribution is -2.36. The highest BCUT2D eigenvalue weighted by atomic mass is 35.5. The first kappa shape index (κ1) is 12.5. The molecule has 1 amide bonds. The number of carbonyl (C=O) groups excluding carboxylic acids is 2. The first-order chi connectivity index (χ1) is 7.95. The standard InChI is InChI=1S/C10H7Cl2NO3S/c1-16-7-4-2-6(3-5-7)13-8(14)9(15)17-10(13,11)12/h2-5H,1H3. The smallest absolute Gasteiger partial charge is 0.308 e. The van der Waals surface area contributed by atoms with Crippen LogP contribution >= 0.6 is 35.0 Å². The zero-order valence-corrected chi connectivity index (χ0v) is 11.0. The van der Waals surface area contributed by atoms with Gasteiger partial charge >= 0.3 is 5.91 Å². The number of thioether (sulfide) groups is 1. The number of rotatable bonds is 2. The predicted octanol–water partition coefficient (Wildman–Crippen LogP) is 2.39. The molecular weight excluding hydrogens is 285 g/mol. The van der Waals surface area contributed by atoms with Crippen LogP contribution in [0, 0.1) is 0 Å². The molecule has 1 aliphatic heterocycles. The van der Waals surface area contributed by atoms with Gasteiger partial charge in [0.2, 0.25) is 0 Å². The summed E-state index contributed by atoms with van der Waals surface area (Å²) in [7, 11) is 1.53. The second-order valence-electron chi connectivity index (χ2n) is 3.21. The lowest BCUT2D eigenvalue weighted by molar-refractivity contribution is -0.130. The molecule has 1 fully saturated rings. The fourth-order valence-corrected chi connectivity index (χ4v) is 2.86. The number of hydrogen-bond acceptors (Lipinski definition) is 4. The topological polar surface area (TPSA) is 46.6 Å². The first-order valence-corrected chi connectivity index (χ1v) is 6.12. The molecule has 1 aromatic rings. The van der Waals surface area contributed by atoms with E-state index in [1.165, 1.54) is 7.11 Å². The summed E-state index contributed by atoms with van der Waals surface area (Å²) in [5.74, 6) is -0.0979. The van der Waals surface area contributed by atoms with Crippen molar-refractivity contribution in [3.8, 4) is 5.75 Å². The monoisotopic (exact) mass is 291 g/mol. The summed E-state index contributed by atoms with van der Waals surface area (Å²) >= 11 is 12.4. The number of carbonyl (C=O) groups is 2. The zero-order valence-electron chi connectivity index (χ0n) is 8.65. The molecule has 0 aliphatic carbocycles. The van der Waals surface area contributed by atoms with Gasteiger partial charge in [0.15, 0.2) is 0 Å². The Labute approximate surface area is 112 Å². The summed E-state index contributed by atoms with van der Waals surface area (Å²) in [5.41, 5.74) is 0.444. The van der Waals surface area contributed by atoms with Crippen molar-refractivity contribution in [3.63, 3.8) is 0 Å². The molecule has 0 unspecified atom stereocenters. The van der Waals surface area contributed by atoms with E-state index >= 15 is 0 Å². The molecule has 1 aromatic carbocycles. The summed E-state index contributed by atoms with van der Waals surface area (Å²) in [6.45, 7) is 0. The minimum absolute atomic E-state index is 0.444. The fraction of sp³-hybridized carbons (Fsp3) is 0.200. The molecule has 1 heterocycles. The fourth-order valence-electron chi connectivity index (χ4n) is 1.41. The largest absolute Gasteiger partial charge is 0.497 e. The van der Waals surface area contributed by atoms with E-state index in [-0.39, 0.29) is 0 Å². The minimum Gasteiger partial charge on any atom is -0.497 e. The Balaban J connectivity index is 2.38. The summed E-state index contributed by atoms with van der Waals surface area (Å²) in [4.78, 5) is 24.0. The van der Waals surface area contributed by atoms with Crippen molar-refractivity contribution in [2.45, 2.75) is 3.79 Å². The van der Waals surface area contributed by atoms with Crippen LogP contribution in [-0.2, 0) is 9.59 Å². The molecule has 7 heteroatoms. The normalized spacial score (nSPS) is 18.6. The molecule has 0 spiro atoms. The van der Waals surface area contributed by atoms with Crippen LogP contribution in [-0.4, -0.2) is 21.9 Å². The van der Waals surface area contributed by atoms with Gasteiger partial charge in [0.05, 0.1) is 7.11 Å². The van der Waals surface area contributed by atoms with Crippen molar-refractivity contribution >= 4 is 51.7 Å². The molecule has 4 nitrogen and oxygen atoms in total. The summed E-state index contributed by atoms with van der Waals surface area (Å²) < 4.78 is 3.40. The third-order valence-corrected chi connectivity index (χ3v) is 3.77. The maximum absolute atomic E-state index is 11.6. The average Bonchev–Trinajstić information content (AvgIpc) is 2.48. The third kappa shape index (κ3) is 2.22. The summed E-state index contributed by atoms with van der Waals surface area (Å²) in [6.07, 6.45) is 0. The van der Waals surface area contributed by atoms with Gasteiger partial charge in [-0.15, -0.1) is 0 Å². The van der Waals surface area contributed by atoms with E-state index in [2.05, 4.69) is 0 Å². The van der Waals surface area contributed by atoms with E-state index < -0.39 is 14.8 Å². The number of nitrogens with zero attached hydrogens (tertiary/aromatic N) is 1. The Hall–Kier alpha value is -0.910. The molecular formula is C10H7Cl2NO3S. The average molecular weight is 292 g/mol. The van der Waals surface area contributed by atoms with Crippen molar-refractivity contribution in [1.29, 1.82) is 0 Å². The summed E-state index contributed by atoms with van der Waals surface area (Å²) in [5, 5.41) is -0.675. The number of benzene rings is 1. The van der Waals surface area contributed by atoms with Crippen LogP contribution < -0.4 is 9.64 Å². The van der Waals surface area contributed by atoms with Crippen LogP contribution in [0.2, 0.25) is 0 Å². The predicted molar refractivity (Wildman–Crippen MR) is 67.5 cm³/mol. The number of amides is 1. The Morgan fingerprint density at radius 1 is 1.24 bits per heavy atom. The van der Waals surface area contributed by atoms with E-state index in [0.717, 1.165) is 4.90 Å². The molecule has 0 saturated carbocycles. The SMILES string of the molecule is COc1ccc(N2C(=O)C(=O)SC2(Cl)Cl)cc1. The Kier molecular flexibility index (Phi) is 3.25. The molecule has 1 aliphatic rings. The van der Waals surface area contributed by atoms with E-state index in [4.69, 9.17) is 27.9 Å². The molecule has 17 heavy (non-hydrogen) atoms. The lowest BCUT2D eigenvalue weighted by atomic mass is 10.3. The van der Waals surface area contributed by atoms with E-state index in [9.17, 15) is 9.59 Å². The van der Waals surface area contributed by atoms with Crippen molar-refractivity contribution in [1.82, 2.24) is 0 Å². The number of ether oxygens (including phenoxy) is 1. The van der Waals surface area contributed by atoms with Crippen LogP contribution in [0.4, 0.5) is 5.69 Å². The number of halogens is 2. The van der Waals surface area contributed by atoms with Crippen LogP contribution in [0.15, 0.2) is 24.3 Å². The molecule has 1 saturated heterocycles. The molecule has 0 N–H and O–H groups in total. The van der Waals surface area contributed by atoms with Gasteiger partial charge < -0.3 is 4.74 Å². The maximum atomic E-state index is 11.6. The summed E-state index contributed by atoms with van der Waals surface area (Å²) in [6, 6.07) is 6.52. The van der Waals surface area contributed by atoms with Gasteiger partial charge in [0, 0.05) is 5.69 Å². The molecule has 0 bridgehead atoms. The van der Waals surface area contributed by atoms with Crippen LogP contribution in [0.5, 0.6) is 5.75 Å². The first-order valence-electron chi connectivity index (χ1n) is 4.55. The van der Waals surface area contributed by atoms with Crippen LogP contribution in [0.3, 0.4) is 0 Å². The highest BCUT2D eigenvalue weighted by molar-refractivity contribution is 8.19. The molecule has 0 atom stereocenters. The molecule has 90 valence electrons. The number of hydrogen-bond donors (Lipinski definition) is 0. The maximum Gasteiger partial charge on any atom is 0.308 e. The second-order valence-corrected chi connectivity index (χ2v) is 6.12. The number of methoxy groups -OCH3 is 1. The molecule has 2 rings (SSSR count). The quantitative estimate of drug-likeness (QED) is 0.477. The van der Waals surface area contributed by atoms with E-state index in [1.54, 1.807) is 24.3 Å². The second kappa shape index (κ2) is 4.40. The van der Waals surface area contributed by atoms with Gasteiger partial charge in [0.1, 0.15) is 5.75 Å².